The minimum atomic E-state index is -1.07. The number of imidazole rings is 1. The molecule has 0 saturated heterocycles. The molecule has 2 aromatic rings. The number of nitrogens with one attached hydrogen (secondary N) is 1. The first kappa shape index (κ1) is 14.6. The van der Waals surface area contributed by atoms with Gasteiger partial charge in [-0.15, -0.1) is 0 Å². The molecule has 0 radical (unpaired) electrons. The molecule has 0 aromatic carbocycles. The summed E-state index contributed by atoms with van der Waals surface area (Å²) in [5.41, 5.74) is 2.12. The third kappa shape index (κ3) is 2.16. The van der Waals surface area contributed by atoms with E-state index in [-0.39, 0.29) is 23.7 Å². The Morgan fingerprint density at radius 1 is 1.50 bits per heavy atom. The van der Waals surface area contributed by atoms with Gasteiger partial charge in [0.15, 0.2) is 0 Å². The summed E-state index contributed by atoms with van der Waals surface area (Å²) in [4.78, 5) is 32.6. The first-order valence-corrected chi connectivity index (χ1v) is 7.02. The van der Waals surface area contributed by atoms with Crippen molar-refractivity contribution in [1.29, 1.82) is 0 Å². The van der Waals surface area contributed by atoms with Crippen LogP contribution in [0, 0.1) is 6.92 Å². The van der Waals surface area contributed by atoms with Crippen molar-refractivity contribution in [3.05, 3.63) is 34.1 Å². The molecule has 1 aliphatic rings. The quantitative estimate of drug-likeness (QED) is 0.849. The number of fused-ring (bicyclic) bond motifs is 1. The lowest BCUT2D eigenvalue weighted by molar-refractivity contribution is -0.142. The lowest BCUT2D eigenvalue weighted by Gasteiger charge is -2.32. The van der Waals surface area contributed by atoms with Crippen molar-refractivity contribution < 1.29 is 14.7 Å². The average molecular weight is 324 g/mol. The van der Waals surface area contributed by atoms with Crippen LogP contribution in [0.5, 0.6) is 0 Å². The van der Waals surface area contributed by atoms with Gasteiger partial charge in [0.2, 0.25) is 0 Å². The minimum Gasteiger partial charge on any atom is -0.480 e. The van der Waals surface area contributed by atoms with Crippen LogP contribution >= 0.6 is 11.6 Å². The van der Waals surface area contributed by atoms with E-state index >= 15 is 0 Å². The maximum absolute atomic E-state index is 12.8. The van der Waals surface area contributed by atoms with Gasteiger partial charge in [-0.1, -0.05) is 11.6 Å². The molecule has 9 heteroatoms. The van der Waals surface area contributed by atoms with Gasteiger partial charge in [0.25, 0.3) is 5.91 Å². The van der Waals surface area contributed by atoms with E-state index in [2.05, 4.69) is 15.1 Å². The number of carboxylic acid groups (broad SMARTS) is 1. The third-order valence-corrected chi connectivity index (χ3v) is 4.25. The molecular formula is C13H14ClN5O3. The summed E-state index contributed by atoms with van der Waals surface area (Å²) in [6.45, 7) is 1.84. The molecule has 3 rings (SSSR count). The van der Waals surface area contributed by atoms with Crippen LogP contribution < -0.4 is 0 Å². The fourth-order valence-corrected chi connectivity index (χ4v) is 2.91. The van der Waals surface area contributed by atoms with E-state index in [1.165, 1.54) is 15.9 Å². The van der Waals surface area contributed by atoms with Gasteiger partial charge in [-0.3, -0.25) is 9.48 Å². The molecule has 1 atom stereocenters. The molecule has 1 amide bonds. The highest BCUT2D eigenvalue weighted by atomic mass is 35.5. The maximum Gasteiger partial charge on any atom is 0.326 e. The number of aromatic nitrogens is 4. The lowest BCUT2D eigenvalue weighted by atomic mass is 10.0. The van der Waals surface area contributed by atoms with E-state index in [1.54, 1.807) is 14.0 Å². The van der Waals surface area contributed by atoms with Crippen LogP contribution in [0.25, 0.3) is 0 Å². The van der Waals surface area contributed by atoms with E-state index in [0.717, 1.165) is 5.69 Å². The highest BCUT2D eigenvalue weighted by Crippen LogP contribution is 2.26. The molecule has 1 aliphatic heterocycles. The van der Waals surface area contributed by atoms with Crippen molar-refractivity contribution in [3.63, 3.8) is 0 Å². The zero-order valence-corrected chi connectivity index (χ0v) is 12.8. The Balaban J connectivity index is 2.01. The van der Waals surface area contributed by atoms with E-state index in [9.17, 15) is 14.7 Å². The average Bonchev–Trinajstić information content (AvgIpc) is 3.01. The van der Waals surface area contributed by atoms with Crippen molar-refractivity contribution in [2.24, 2.45) is 7.05 Å². The molecule has 116 valence electrons. The van der Waals surface area contributed by atoms with Gasteiger partial charge >= 0.3 is 5.97 Å². The van der Waals surface area contributed by atoms with Crippen molar-refractivity contribution in [2.45, 2.75) is 25.9 Å². The van der Waals surface area contributed by atoms with Crippen LogP contribution in [0.2, 0.25) is 5.02 Å². The molecule has 2 N–H and O–H groups in total. The number of halogens is 1. The molecule has 0 aliphatic carbocycles. The number of H-pyrrole nitrogens is 1. The van der Waals surface area contributed by atoms with Crippen molar-refractivity contribution in [2.75, 3.05) is 0 Å². The van der Waals surface area contributed by atoms with Gasteiger partial charge in [0.05, 0.1) is 35.0 Å². The molecular weight excluding hydrogens is 310 g/mol. The highest BCUT2D eigenvalue weighted by Gasteiger charge is 2.38. The lowest BCUT2D eigenvalue weighted by Crippen LogP contribution is -2.49. The Morgan fingerprint density at radius 2 is 2.23 bits per heavy atom. The summed E-state index contributed by atoms with van der Waals surface area (Å²) >= 11 is 6.14. The largest absolute Gasteiger partial charge is 0.480 e. The van der Waals surface area contributed by atoms with Crippen LogP contribution in [0.1, 0.15) is 27.6 Å². The number of aromatic amines is 1. The van der Waals surface area contributed by atoms with Gasteiger partial charge in [0.1, 0.15) is 11.7 Å². The normalized spacial score (nSPS) is 17.4. The Bertz CT molecular complexity index is 766. The fraction of sp³-hybridized carbons (Fsp3) is 0.385. The number of hydrogen-bond acceptors (Lipinski definition) is 4. The monoisotopic (exact) mass is 323 g/mol. The summed E-state index contributed by atoms with van der Waals surface area (Å²) in [5, 5.41) is 13.8. The number of carbonyl (C=O) groups is 2. The Morgan fingerprint density at radius 3 is 2.82 bits per heavy atom. The fourth-order valence-electron chi connectivity index (χ4n) is 2.67. The van der Waals surface area contributed by atoms with E-state index < -0.39 is 17.9 Å². The molecule has 0 saturated carbocycles. The molecule has 3 heterocycles. The van der Waals surface area contributed by atoms with Crippen LogP contribution in [0.4, 0.5) is 0 Å². The number of carbonyl (C=O) groups excluding carboxylic acids is 1. The van der Waals surface area contributed by atoms with Gasteiger partial charge in [-0.2, -0.15) is 5.10 Å². The first-order chi connectivity index (χ1) is 10.4. The molecule has 22 heavy (non-hydrogen) atoms. The van der Waals surface area contributed by atoms with Crippen LogP contribution in [-0.2, 0) is 24.8 Å². The number of hydrogen-bond donors (Lipinski definition) is 2. The molecule has 0 bridgehead atoms. The molecule has 8 nitrogen and oxygen atoms in total. The summed E-state index contributed by atoms with van der Waals surface area (Å²) < 4.78 is 1.38. The standard InChI is InChI=1S/C13H14ClN5O3/c1-6-10(14)11(18(2)17-6)12(20)19-4-8-7(15-5-16-8)3-9(19)13(21)22/h5,9H,3-4H2,1-2H3,(H,15,16)(H,21,22)/t9-/m0/s1. The summed E-state index contributed by atoms with van der Waals surface area (Å²) in [5.74, 6) is -1.53. The number of rotatable bonds is 2. The van der Waals surface area contributed by atoms with Gasteiger partial charge in [-0.25, -0.2) is 9.78 Å². The van der Waals surface area contributed by atoms with E-state index in [1.807, 2.05) is 0 Å². The molecule has 0 unspecified atom stereocenters. The smallest absolute Gasteiger partial charge is 0.326 e. The first-order valence-electron chi connectivity index (χ1n) is 6.64. The molecule has 0 fully saturated rings. The third-order valence-electron chi connectivity index (χ3n) is 3.80. The zero-order chi connectivity index (χ0) is 16.0. The molecule has 2 aromatic heterocycles. The van der Waals surface area contributed by atoms with Crippen molar-refractivity contribution >= 4 is 23.5 Å². The zero-order valence-electron chi connectivity index (χ0n) is 12.0. The van der Waals surface area contributed by atoms with Crippen molar-refractivity contribution in [3.8, 4) is 0 Å². The summed E-state index contributed by atoms with van der Waals surface area (Å²) in [7, 11) is 1.60. The predicted molar refractivity (Wildman–Crippen MR) is 76.5 cm³/mol. The second-order valence-corrected chi connectivity index (χ2v) is 5.57. The topological polar surface area (TPSA) is 104 Å². The van der Waals surface area contributed by atoms with E-state index in [4.69, 9.17) is 11.6 Å². The molecule has 0 spiro atoms. The maximum atomic E-state index is 12.8. The second-order valence-electron chi connectivity index (χ2n) is 5.19. The highest BCUT2D eigenvalue weighted by molar-refractivity contribution is 6.34. The number of aryl methyl sites for hydroxylation is 2. The van der Waals surface area contributed by atoms with E-state index in [0.29, 0.717) is 11.4 Å². The number of nitrogens with zero attached hydrogens (tertiary/aromatic N) is 4. The van der Waals surface area contributed by atoms with Crippen LogP contribution in [-0.4, -0.2) is 47.7 Å². The van der Waals surface area contributed by atoms with Crippen LogP contribution in [0.15, 0.2) is 6.33 Å². The Hall–Kier alpha value is -2.35. The van der Waals surface area contributed by atoms with Gasteiger partial charge in [-0.05, 0) is 6.92 Å². The van der Waals surface area contributed by atoms with Crippen LogP contribution in [0.3, 0.4) is 0 Å². The van der Waals surface area contributed by atoms with Gasteiger partial charge < -0.3 is 15.0 Å². The second kappa shape index (κ2) is 5.13. The Labute approximate surface area is 130 Å². The van der Waals surface area contributed by atoms with Gasteiger partial charge in [0, 0.05) is 13.5 Å². The number of amides is 1. The SMILES string of the molecule is Cc1nn(C)c(C(=O)N2Cc3[nH]cnc3C[C@H]2C(=O)O)c1Cl. The Kier molecular flexibility index (Phi) is 3.40. The minimum absolute atomic E-state index is 0.145. The summed E-state index contributed by atoms with van der Waals surface area (Å²) in [6.07, 6.45) is 1.66. The number of carboxylic acids is 1. The number of aliphatic carboxylic acids is 1. The summed E-state index contributed by atoms with van der Waals surface area (Å²) in [6, 6.07) is -0.977. The predicted octanol–water partition coefficient (Wildman–Crippen LogP) is 0.757. The van der Waals surface area contributed by atoms with Crippen molar-refractivity contribution in [1.82, 2.24) is 24.6 Å².